The number of hydrogen-bond donors (Lipinski definition) is 1. The van der Waals surface area contributed by atoms with Gasteiger partial charge in [0.05, 0.1) is 13.0 Å². The number of anilines is 1. The summed E-state index contributed by atoms with van der Waals surface area (Å²) in [7, 11) is 1.66. The Balaban J connectivity index is 1.45. The summed E-state index contributed by atoms with van der Waals surface area (Å²) in [5.41, 5.74) is 2.96. The minimum absolute atomic E-state index is 0.0375. The van der Waals surface area contributed by atoms with Gasteiger partial charge in [0.2, 0.25) is 5.91 Å². The third-order valence-electron chi connectivity index (χ3n) is 6.12. The Bertz CT molecular complexity index is 815. The maximum absolute atomic E-state index is 13.1. The molecule has 2 saturated heterocycles. The second kappa shape index (κ2) is 9.42. The Morgan fingerprint density at radius 2 is 1.83 bits per heavy atom. The molecule has 1 atom stereocenters. The number of rotatable bonds is 5. The summed E-state index contributed by atoms with van der Waals surface area (Å²) in [4.78, 5) is 15.6. The summed E-state index contributed by atoms with van der Waals surface area (Å²) < 4.78 is 10.8. The number of piperidine rings is 1. The lowest BCUT2D eigenvalue weighted by Gasteiger charge is -2.39. The lowest BCUT2D eigenvalue weighted by Crippen LogP contribution is -2.47. The fourth-order valence-electron chi connectivity index (χ4n) is 4.45. The average molecular weight is 395 g/mol. The molecule has 0 radical (unpaired) electrons. The lowest BCUT2D eigenvalue weighted by molar-refractivity contribution is -0.122. The normalized spacial score (nSPS) is 20.9. The summed E-state index contributed by atoms with van der Waals surface area (Å²) in [6.45, 7) is 3.62. The number of nitrogens with one attached hydrogen (secondary N) is 1. The molecule has 1 N–H and O–H groups in total. The van der Waals surface area contributed by atoms with Crippen LogP contribution in [0, 0.1) is 5.92 Å². The van der Waals surface area contributed by atoms with Gasteiger partial charge >= 0.3 is 0 Å². The molecule has 2 heterocycles. The van der Waals surface area contributed by atoms with Crippen LogP contribution in [0.1, 0.15) is 25.7 Å². The second-order valence-corrected chi connectivity index (χ2v) is 7.94. The Morgan fingerprint density at radius 1 is 1.07 bits per heavy atom. The van der Waals surface area contributed by atoms with E-state index < -0.39 is 0 Å². The fraction of sp³-hybridized carbons (Fsp3) is 0.458. The SMILES string of the molecule is COc1ccc(-c2ccccc2NC(=O)[C@H]2CCCN(C3CCOCC3)C2)cc1. The Kier molecular flexibility index (Phi) is 6.47. The first-order valence-corrected chi connectivity index (χ1v) is 10.6. The van der Waals surface area contributed by atoms with Crippen LogP contribution in [0.15, 0.2) is 48.5 Å². The molecule has 0 saturated carbocycles. The van der Waals surface area contributed by atoms with E-state index in [1.54, 1.807) is 7.11 Å². The molecular weight excluding hydrogens is 364 g/mol. The van der Waals surface area contributed by atoms with Crippen molar-refractivity contribution in [3.05, 3.63) is 48.5 Å². The van der Waals surface area contributed by atoms with E-state index in [1.165, 1.54) is 0 Å². The van der Waals surface area contributed by atoms with Crippen LogP contribution in [0.25, 0.3) is 11.1 Å². The lowest BCUT2D eigenvalue weighted by atomic mass is 9.93. The van der Waals surface area contributed by atoms with Crippen LogP contribution < -0.4 is 10.1 Å². The van der Waals surface area contributed by atoms with Gasteiger partial charge in [-0.05, 0) is 56.0 Å². The maximum atomic E-state index is 13.1. The van der Waals surface area contributed by atoms with E-state index in [2.05, 4.69) is 10.2 Å². The van der Waals surface area contributed by atoms with Crippen molar-refractivity contribution in [2.45, 2.75) is 31.7 Å². The van der Waals surface area contributed by atoms with Gasteiger partial charge in [0.1, 0.15) is 5.75 Å². The van der Waals surface area contributed by atoms with Crippen molar-refractivity contribution in [1.29, 1.82) is 0 Å². The quantitative estimate of drug-likeness (QED) is 0.826. The molecule has 0 bridgehead atoms. The van der Waals surface area contributed by atoms with E-state index in [9.17, 15) is 4.79 Å². The van der Waals surface area contributed by atoms with E-state index in [0.29, 0.717) is 6.04 Å². The van der Waals surface area contributed by atoms with Gasteiger partial charge in [-0.15, -0.1) is 0 Å². The minimum atomic E-state index is 0.0375. The van der Waals surface area contributed by atoms with E-state index >= 15 is 0 Å². The minimum Gasteiger partial charge on any atom is -0.497 e. The van der Waals surface area contributed by atoms with E-state index in [0.717, 1.165) is 74.6 Å². The van der Waals surface area contributed by atoms with Crippen molar-refractivity contribution < 1.29 is 14.3 Å². The van der Waals surface area contributed by atoms with Gasteiger partial charge in [-0.25, -0.2) is 0 Å². The van der Waals surface area contributed by atoms with Gasteiger partial charge in [-0.3, -0.25) is 9.69 Å². The number of amides is 1. The van der Waals surface area contributed by atoms with Crippen molar-refractivity contribution >= 4 is 11.6 Å². The van der Waals surface area contributed by atoms with Gasteiger partial charge in [0.15, 0.2) is 0 Å². The molecule has 0 aliphatic carbocycles. The molecule has 4 rings (SSSR count). The number of carbonyl (C=O) groups excluding carboxylic acids is 1. The number of benzene rings is 2. The number of para-hydroxylation sites is 1. The van der Waals surface area contributed by atoms with Crippen molar-refractivity contribution in [3.8, 4) is 16.9 Å². The highest BCUT2D eigenvalue weighted by Gasteiger charge is 2.30. The molecule has 0 spiro atoms. The zero-order valence-corrected chi connectivity index (χ0v) is 17.1. The Morgan fingerprint density at radius 3 is 2.59 bits per heavy atom. The fourth-order valence-corrected chi connectivity index (χ4v) is 4.45. The number of ether oxygens (including phenoxy) is 2. The first-order chi connectivity index (χ1) is 14.2. The summed E-state index contributed by atoms with van der Waals surface area (Å²) in [5, 5.41) is 3.21. The first kappa shape index (κ1) is 19.9. The molecule has 2 aromatic carbocycles. The standard InChI is InChI=1S/C24H30N2O3/c1-28-21-10-8-18(9-11-21)22-6-2-3-7-23(22)25-24(27)19-5-4-14-26(17-19)20-12-15-29-16-13-20/h2-3,6-11,19-20H,4-5,12-17H2,1H3,(H,25,27)/t19-/m0/s1. The third-order valence-corrected chi connectivity index (χ3v) is 6.12. The Labute approximate surface area is 173 Å². The molecule has 154 valence electrons. The number of nitrogens with zero attached hydrogens (tertiary/aromatic N) is 1. The highest BCUT2D eigenvalue weighted by atomic mass is 16.5. The molecule has 5 heteroatoms. The van der Waals surface area contributed by atoms with Gasteiger partial charge in [-0.2, -0.15) is 0 Å². The van der Waals surface area contributed by atoms with Crippen LogP contribution in [-0.2, 0) is 9.53 Å². The summed E-state index contributed by atoms with van der Waals surface area (Å²) in [5.74, 6) is 0.990. The molecule has 29 heavy (non-hydrogen) atoms. The average Bonchev–Trinajstić information content (AvgIpc) is 2.80. The maximum Gasteiger partial charge on any atom is 0.228 e. The van der Waals surface area contributed by atoms with Gasteiger partial charge in [-0.1, -0.05) is 30.3 Å². The molecular formula is C24H30N2O3. The van der Waals surface area contributed by atoms with Crippen LogP contribution in [-0.4, -0.2) is 50.3 Å². The van der Waals surface area contributed by atoms with Crippen LogP contribution in [0.4, 0.5) is 5.69 Å². The van der Waals surface area contributed by atoms with Gasteiger partial charge < -0.3 is 14.8 Å². The van der Waals surface area contributed by atoms with Gasteiger partial charge in [0, 0.05) is 37.1 Å². The van der Waals surface area contributed by atoms with Gasteiger partial charge in [0.25, 0.3) is 0 Å². The van der Waals surface area contributed by atoms with Crippen molar-refractivity contribution in [3.63, 3.8) is 0 Å². The van der Waals surface area contributed by atoms with Crippen LogP contribution in [0.5, 0.6) is 5.75 Å². The largest absolute Gasteiger partial charge is 0.497 e. The third kappa shape index (κ3) is 4.80. The number of hydrogen-bond acceptors (Lipinski definition) is 4. The summed E-state index contributed by atoms with van der Waals surface area (Å²) in [6, 6.07) is 16.5. The molecule has 2 aromatic rings. The zero-order chi connectivity index (χ0) is 20.1. The molecule has 2 aliphatic heterocycles. The number of methoxy groups -OCH3 is 1. The zero-order valence-electron chi connectivity index (χ0n) is 17.1. The highest BCUT2D eigenvalue weighted by Crippen LogP contribution is 2.30. The van der Waals surface area contributed by atoms with E-state index in [4.69, 9.17) is 9.47 Å². The smallest absolute Gasteiger partial charge is 0.228 e. The number of carbonyl (C=O) groups is 1. The topological polar surface area (TPSA) is 50.8 Å². The molecule has 2 aliphatic rings. The Hall–Kier alpha value is -2.37. The van der Waals surface area contributed by atoms with Crippen LogP contribution in [0.2, 0.25) is 0 Å². The van der Waals surface area contributed by atoms with Crippen molar-refractivity contribution in [1.82, 2.24) is 4.90 Å². The monoisotopic (exact) mass is 394 g/mol. The van der Waals surface area contributed by atoms with Crippen LogP contribution in [0.3, 0.4) is 0 Å². The summed E-state index contributed by atoms with van der Waals surface area (Å²) in [6.07, 6.45) is 4.19. The van der Waals surface area contributed by atoms with Crippen molar-refractivity contribution in [2.24, 2.45) is 5.92 Å². The molecule has 0 unspecified atom stereocenters. The summed E-state index contributed by atoms with van der Waals surface area (Å²) >= 11 is 0. The predicted octanol–water partition coefficient (Wildman–Crippen LogP) is 4.19. The molecule has 2 fully saturated rings. The van der Waals surface area contributed by atoms with Crippen LogP contribution >= 0.6 is 0 Å². The van der Waals surface area contributed by atoms with E-state index in [1.807, 2.05) is 48.5 Å². The molecule has 5 nitrogen and oxygen atoms in total. The highest BCUT2D eigenvalue weighted by molar-refractivity contribution is 5.97. The number of likely N-dealkylation sites (tertiary alicyclic amines) is 1. The molecule has 1 amide bonds. The first-order valence-electron chi connectivity index (χ1n) is 10.6. The molecule has 0 aromatic heterocycles. The van der Waals surface area contributed by atoms with E-state index in [-0.39, 0.29) is 11.8 Å². The predicted molar refractivity (Wildman–Crippen MR) is 115 cm³/mol. The van der Waals surface area contributed by atoms with Crippen molar-refractivity contribution in [2.75, 3.05) is 38.7 Å². The second-order valence-electron chi connectivity index (χ2n) is 7.94.